The largest absolute Gasteiger partial charge is 0.396 e. The van der Waals surface area contributed by atoms with E-state index >= 15 is 0 Å². The zero-order chi connectivity index (χ0) is 16.3. The molecular weight excluding hydrogens is 268 g/mol. The maximum Gasteiger partial charge on any atom is 0.0493 e. The summed E-state index contributed by atoms with van der Waals surface area (Å²) in [4.78, 5) is 0. The Hall–Kier alpha value is -0.300. The molecule has 0 saturated carbocycles. The van der Waals surface area contributed by atoms with Crippen molar-refractivity contribution in [1.29, 1.82) is 0 Å². The van der Waals surface area contributed by atoms with Gasteiger partial charge in [-0.25, -0.2) is 0 Å². The lowest BCUT2D eigenvalue weighted by molar-refractivity contribution is 0.294. The molecule has 0 bridgehead atoms. The number of unbranched alkanes of at least 4 members (excludes halogenated alkanes) is 11. The maximum atomic E-state index is 9.10. The van der Waals surface area contributed by atoms with Crippen LogP contribution in [0.25, 0.3) is 0 Å². The van der Waals surface area contributed by atoms with E-state index in [0.717, 1.165) is 12.8 Å². The lowest BCUT2D eigenvalue weighted by Gasteiger charge is -2.09. The SMILES string of the molecule is CCCCCCCC/C=C\CCCCCCC[C](CC)CO. The molecule has 0 aliphatic carbocycles. The van der Waals surface area contributed by atoms with Gasteiger partial charge in [-0.3, -0.25) is 0 Å². The molecule has 0 fully saturated rings. The molecule has 1 radical (unpaired) electrons. The Morgan fingerprint density at radius 3 is 1.68 bits per heavy atom. The van der Waals surface area contributed by atoms with Crippen LogP contribution in [0.3, 0.4) is 0 Å². The van der Waals surface area contributed by atoms with Gasteiger partial charge in [-0.05, 0) is 38.5 Å². The molecule has 22 heavy (non-hydrogen) atoms. The van der Waals surface area contributed by atoms with Gasteiger partial charge >= 0.3 is 0 Å². The van der Waals surface area contributed by atoms with Crippen LogP contribution in [0.15, 0.2) is 12.2 Å². The summed E-state index contributed by atoms with van der Waals surface area (Å²) in [5.41, 5.74) is 0. The molecule has 0 saturated heterocycles. The molecule has 1 N–H and O–H groups in total. The van der Waals surface area contributed by atoms with Crippen LogP contribution < -0.4 is 0 Å². The van der Waals surface area contributed by atoms with Gasteiger partial charge in [0.05, 0.1) is 0 Å². The topological polar surface area (TPSA) is 20.2 Å². The van der Waals surface area contributed by atoms with E-state index in [-0.39, 0.29) is 0 Å². The molecule has 0 aromatic rings. The summed E-state index contributed by atoms with van der Waals surface area (Å²) in [6, 6.07) is 0. The number of hydrogen-bond donors (Lipinski definition) is 1. The monoisotopic (exact) mass is 309 g/mol. The third-order valence-electron chi connectivity index (χ3n) is 4.52. The first-order valence-corrected chi connectivity index (χ1v) is 9.94. The number of aliphatic hydroxyl groups excluding tert-OH is 1. The number of rotatable bonds is 17. The molecule has 0 aliphatic rings. The highest BCUT2D eigenvalue weighted by atomic mass is 16.3. The van der Waals surface area contributed by atoms with Crippen LogP contribution in [-0.2, 0) is 0 Å². The average molecular weight is 310 g/mol. The summed E-state index contributed by atoms with van der Waals surface area (Å²) in [7, 11) is 0. The molecule has 0 atom stereocenters. The van der Waals surface area contributed by atoms with E-state index < -0.39 is 0 Å². The zero-order valence-corrected chi connectivity index (χ0v) is 15.4. The predicted octanol–water partition coefficient (Wildman–Crippen LogP) is 7.00. The Labute approximate surface area is 140 Å². The van der Waals surface area contributed by atoms with Gasteiger partial charge in [-0.1, -0.05) is 83.8 Å². The smallest absolute Gasteiger partial charge is 0.0493 e. The minimum absolute atomic E-state index is 0.292. The highest BCUT2D eigenvalue weighted by Crippen LogP contribution is 2.16. The quantitative estimate of drug-likeness (QED) is 0.226. The van der Waals surface area contributed by atoms with E-state index in [9.17, 15) is 0 Å². The van der Waals surface area contributed by atoms with Gasteiger partial charge in [0.2, 0.25) is 0 Å². The van der Waals surface area contributed by atoms with Crippen LogP contribution >= 0.6 is 0 Å². The van der Waals surface area contributed by atoms with E-state index in [4.69, 9.17) is 5.11 Å². The molecular formula is C21H41O. The summed E-state index contributed by atoms with van der Waals surface area (Å²) in [5, 5.41) is 9.10. The van der Waals surface area contributed by atoms with Gasteiger partial charge in [0, 0.05) is 12.5 Å². The molecule has 0 amide bonds. The standard InChI is InChI=1S/C21H41O/c1-3-5-6-7-8-9-10-11-12-13-14-15-16-17-18-19-21(4-2)20-22/h11-12,22H,3-10,13-20H2,1-2H3/b12-11-. The Balaban J connectivity index is 3.14. The van der Waals surface area contributed by atoms with Crippen molar-refractivity contribution < 1.29 is 5.11 Å². The van der Waals surface area contributed by atoms with Crippen LogP contribution in [0, 0.1) is 5.92 Å². The van der Waals surface area contributed by atoms with Crippen molar-refractivity contribution >= 4 is 0 Å². The van der Waals surface area contributed by atoms with Gasteiger partial charge in [0.1, 0.15) is 0 Å². The fourth-order valence-corrected chi connectivity index (χ4v) is 2.81. The first-order valence-electron chi connectivity index (χ1n) is 9.94. The first kappa shape index (κ1) is 21.7. The fourth-order valence-electron chi connectivity index (χ4n) is 2.81. The number of hydrogen-bond acceptors (Lipinski definition) is 1. The van der Waals surface area contributed by atoms with Crippen LogP contribution in [-0.4, -0.2) is 11.7 Å². The molecule has 0 rings (SSSR count). The second-order valence-electron chi connectivity index (χ2n) is 6.60. The second kappa shape index (κ2) is 18.7. The molecule has 0 aromatic heterocycles. The Morgan fingerprint density at radius 1 is 0.682 bits per heavy atom. The lowest BCUT2D eigenvalue weighted by atomic mass is 9.99. The minimum Gasteiger partial charge on any atom is -0.396 e. The van der Waals surface area contributed by atoms with Crippen molar-refractivity contribution in [3.63, 3.8) is 0 Å². The van der Waals surface area contributed by atoms with Gasteiger partial charge in [0.25, 0.3) is 0 Å². The summed E-state index contributed by atoms with van der Waals surface area (Å²) in [5.74, 6) is 1.32. The molecule has 0 unspecified atom stereocenters. The fraction of sp³-hybridized carbons (Fsp3) is 0.857. The molecule has 0 heterocycles. The van der Waals surface area contributed by atoms with E-state index in [1.54, 1.807) is 0 Å². The highest BCUT2D eigenvalue weighted by molar-refractivity contribution is 4.86. The second-order valence-corrected chi connectivity index (χ2v) is 6.60. The van der Waals surface area contributed by atoms with E-state index in [0.29, 0.717) is 6.61 Å². The van der Waals surface area contributed by atoms with E-state index in [1.807, 2.05) is 0 Å². The van der Waals surface area contributed by atoms with Gasteiger partial charge in [-0.2, -0.15) is 0 Å². The summed E-state index contributed by atoms with van der Waals surface area (Å²) in [6.07, 6.45) is 24.5. The van der Waals surface area contributed by atoms with Crippen LogP contribution in [0.2, 0.25) is 0 Å². The Kier molecular flexibility index (Phi) is 18.5. The first-order chi connectivity index (χ1) is 10.8. The molecule has 131 valence electrons. The normalized spacial score (nSPS) is 11.8. The third-order valence-corrected chi connectivity index (χ3v) is 4.52. The van der Waals surface area contributed by atoms with Crippen molar-refractivity contribution in [2.24, 2.45) is 0 Å². The third kappa shape index (κ3) is 16.1. The summed E-state index contributed by atoms with van der Waals surface area (Å²) >= 11 is 0. The Bertz CT molecular complexity index is 218. The van der Waals surface area contributed by atoms with Gasteiger partial charge in [-0.15, -0.1) is 0 Å². The minimum atomic E-state index is 0.292. The summed E-state index contributed by atoms with van der Waals surface area (Å²) in [6.45, 7) is 4.71. The molecule has 1 nitrogen and oxygen atoms in total. The predicted molar refractivity (Wildman–Crippen MR) is 100 cm³/mol. The van der Waals surface area contributed by atoms with Crippen molar-refractivity contribution in [1.82, 2.24) is 0 Å². The van der Waals surface area contributed by atoms with Gasteiger partial charge < -0.3 is 5.11 Å². The average Bonchev–Trinajstić information content (AvgIpc) is 2.55. The van der Waals surface area contributed by atoms with Crippen molar-refractivity contribution in [2.45, 2.75) is 110 Å². The Morgan fingerprint density at radius 2 is 1.18 bits per heavy atom. The van der Waals surface area contributed by atoms with E-state index in [1.165, 1.54) is 89.4 Å². The van der Waals surface area contributed by atoms with E-state index in [2.05, 4.69) is 26.0 Å². The summed E-state index contributed by atoms with van der Waals surface area (Å²) < 4.78 is 0. The van der Waals surface area contributed by atoms with Crippen LogP contribution in [0.5, 0.6) is 0 Å². The van der Waals surface area contributed by atoms with Crippen molar-refractivity contribution in [3.05, 3.63) is 18.1 Å². The molecule has 0 aliphatic heterocycles. The molecule has 1 heteroatoms. The molecule has 0 aromatic carbocycles. The van der Waals surface area contributed by atoms with Crippen molar-refractivity contribution in [3.8, 4) is 0 Å². The molecule has 0 spiro atoms. The maximum absolute atomic E-state index is 9.10. The van der Waals surface area contributed by atoms with Crippen LogP contribution in [0.1, 0.15) is 110 Å². The highest BCUT2D eigenvalue weighted by Gasteiger charge is 2.03. The number of aliphatic hydroxyl groups is 1. The van der Waals surface area contributed by atoms with Crippen LogP contribution in [0.4, 0.5) is 0 Å². The zero-order valence-electron chi connectivity index (χ0n) is 15.4. The van der Waals surface area contributed by atoms with Gasteiger partial charge in [0.15, 0.2) is 0 Å². The van der Waals surface area contributed by atoms with Crippen molar-refractivity contribution in [2.75, 3.05) is 6.61 Å². The number of allylic oxidation sites excluding steroid dienone is 2. The lowest BCUT2D eigenvalue weighted by Crippen LogP contribution is -2.01.